The second-order valence-corrected chi connectivity index (χ2v) is 7.58. The molecular weight excluding hydrogens is 380 g/mol. The summed E-state index contributed by atoms with van der Waals surface area (Å²) >= 11 is 5.50. The first-order valence-electron chi connectivity index (χ1n) is 10.1. The second-order valence-electron chi connectivity index (χ2n) is 7.19. The lowest BCUT2D eigenvalue weighted by Crippen LogP contribution is -2.47. The minimum absolute atomic E-state index is 0.0576. The Morgan fingerprint density at radius 3 is 2.45 bits per heavy atom. The Bertz CT molecular complexity index is 891. The molecule has 0 radical (unpaired) electrons. The van der Waals surface area contributed by atoms with Crippen molar-refractivity contribution in [3.8, 4) is 5.75 Å². The molecule has 1 N–H and O–H groups in total. The van der Waals surface area contributed by atoms with Gasteiger partial charge in [0.05, 0.1) is 12.6 Å². The normalized spacial score (nSPS) is 16.6. The van der Waals surface area contributed by atoms with Gasteiger partial charge in [0.15, 0.2) is 10.9 Å². The van der Waals surface area contributed by atoms with Crippen molar-refractivity contribution in [3.63, 3.8) is 0 Å². The van der Waals surface area contributed by atoms with Gasteiger partial charge in [-0.15, -0.1) is 0 Å². The third-order valence-electron chi connectivity index (χ3n) is 5.23. The van der Waals surface area contributed by atoms with Crippen molar-refractivity contribution >= 4 is 23.1 Å². The maximum Gasteiger partial charge on any atom is 0.173 e. The Hall–Kier alpha value is -2.66. The Labute approximate surface area is 178 Å². The summed E-state index contributed by atoms with van der Waals surface area (Å²) in [5, 5.41) is 3.98. The van der Waals surface area contributed by atoms with Crippen molar-refractivity contribution in [3.05, 3.63) is 77.0 Å². The van der Waals surface area contributed by atoms with Crippen LogP contribution < -0.4 is 10.1 Å². The van der Waals surface area contributed by atoms with E-state index in [4.69, 9.17) is 17.0 Å². The van der Waals surface area contributed by atoms with Gasteiger partial charge in [-0.3, -0.25) is 4.79 Å². The first-order valence-corrected chi connectivity index (χ1v) is 10.5. The average Bonchev–Trinajstić information content (AvgIpc) is 2.72. The van der Waals surface area contributed by atoms with E-state index >= 15 is 0 Å². The second kappa shape index (κ2) is 9.70. The molecule has 29 heavy (non-hydrogen) atoms. The molecule has 0 amide bonds. The Balaban J connectivity index is 1.65. The number of carbonyl (C=O) groups excluding carboxylic acids is 1. The van der Waals surface area contributed by atoms with Gasteiger partial charge in [0.1, 0.15) is 5.75 Å². The molecule has 3 rings (SSSR count). The van der Waals surface area contributed by atoms with Crippen molar-refractivity contribution in [1.82, 2.24) is 10.2 Å². The molecule has 5 heteroatoms. The summed E-state index contributed by atoms with van der Waals surface area (Å²) in [7, 11) is 0. The van der Waals surface area contributed by atoms with E-state index in [-0.39, 0.29) is 11.8 Å². The summed E-state index contributed by atoms with van der Waals surface area (Å²) in [5.74, 6) is 0.891. The first-order chi connectivity index (χ1) is 14.0. The van der Waals surface area contributed by atoms with Gasteiger partial charge in [-0.25, -0.2) is 0 Å². The SMILES string of the molecule is CCN1C(=S)NC(c2ccc(OCCCc3ccccc3)cc2)C(C(C)=O)=C1C. The zero-order chi connectivity index (χ0) is 20.8. The molecule has 0 saturated carbocycles. The van der Waals surface area contributed by atoms with Gasteiger partial charge in [0.25, 0.3) is 0 Å². The maximum atomic E-state index is 12.3. The minimum Gasteiger partial charge on any atom is -0.494 e. The largest absolute Gasteiger partial charge is 0.494 e. The summed E-state index contributed by atoms with van der Waals surface area (Å²) in [6.07, 6.45) is 1.97. The summed E-state index contributed by atoms with van der Waals surface area (Å²) in [6, 6.07) is 18.1. The number of hydrogen-bond donors (Lipinski definition) is 1. The third kappa shape index (κ3) is 5.04. The topological polar surface area (TPSA) is 41.6 Å². The summed E-state index contributed by atoms with van der Waals surface area (Å²) in [4.78, 5) is 14.3. The van der Waals surface area contributed by atoms with Crippen molar-refractivity contribution in [1.29, 1.82) is 0 Å². The molecule has 0 aliphatic carbocycles. The number of hydrogen-bond acceptors (Lipinski definition) is 3. The van der Waals surface area contributed by atoms with Crippen LogP contribution in [0, 0.1) is 0 Å². The first kappa shape index (κ1) is 21.1. The summed E-state index contributed by atoms with van der Waals surface area (Å²) in [5.41, 5.74) is 4.02. The molecule has 1 aliphatic heterocycles. The van der Waals surface area contributed by atoms with Crippen LogP contribution in [0.1, 0.15) is 44.4 Å². The molecule has 1 heterocycles. The van der Waals surface area contributed by atoms with Gasteiger partial charge in [0, 0.05) is 17.8 Å². The fraction of sp³-hybridized carbons (Fsp3) is 0.333. The molecule has 0 fully saturated rings. The quantitative estimate of drug-likeness (QED) is 0.501. The highest BCUT2D eigenvalue weighted by Gasteiger charge is 2.31. The minimum atomic E-state index is -0.227. The Morgan fingerprint density at radius 1 is 1.14 bits per heavy atom. The smallest absolute Gasteiger partial charge is 0.173 e. The summed E-state index contributed by atoms with van der Waals surface area (Å²) in [6.45, 7) is 7.00. The van der Waals surface area contributed by atoms with Crippen LogP contribution in [0.4, 0.5) is 0 Å². The van der Waals surface area contributed by atoms with Gasteiger partial charge < -0.3 is 15.0 Å². The molecule has 1 unspecified atom stereocenters. The van der Waals surface area contributed by atoms with E-state index in [9.17, 15) is 4.79 Å². The van der Waals surface area contributed by atoms with Crippen LogP contribution in [0.2, 0.25) is 0 Å². The molecule has 0 spiro atoms. The van der Waals surface area contributed by atoms with Crippen LogP contribution >= 0.6 is 12.2 Å². The highest BCUT2D eigenvalue weighted by molar-refractivity contribution is 7.80. The fourth-order valence-electron chi connectivity index (χ4n) is 3.74. The van der Waals surface area contributed by atoms with Crippen LogP contribution in [-0.4, -0.2) is 28.9 Å². The zero-order valence-corrected chi connectivity index (χ0v) is 18.1. The molecule has 4 nitrogen and oxygen atoms in total. The van der Waals surface area contributed by atoms with E-state index in [1.54, 1.807) is 6.92 Å². The molecule has 2 aromatic carbocycles. The van der Waals surface area contributed by atoms with Crippen LogP contribution in [-0.2, 0) is 11.2 Å². The predicted molar refractivity (Wildman–Crippen MR) is 121 cm³/mol. The average molecular weight is 409 g/mol. The van der Waals surface area contributed by atoms with E-state index in [0.29, 0.717) is 11.7 Å². The van der Waals surface area contributed by atoms with Gasteiger partial charge in [0.2, 0.25) is 0 Å². The number of rotatable bonds is 8. The van der Waals surface area contributed by atoms with Gasteiger partial charge in [-0.2, -0.15) is 0 Å². The lowest BCUT2D eigenvalue weighted by atomic mass is 9.92. The molecule has 0 aromatic heterocycles. The highest BCUT2D eigenvalue weighted by Crippen LogP contribution is 2.31. The van der Waals surface area contributed by atoms with Crippen LogP contribution in [0.3, 0.4) is 0 Å². The monoisotopic (exact) mass is 408 g/mol. The van der Waals surface area contributed by atoms with Crippen LogP contribution in [0.15, 0.2) is 65.9 Å². The Morgan fingerprint density at radius 2 is 1.83 bits per heavy atom. The number of Topliss-reactive ketones (excluding diaryl/α,β-unsaturated/α-hetero) is 1. The molecule has 152 valence electrons. The van der Waals surface area contributed by atoms with Crippen molar-refractivity contribution in [2.45, 2.75) is 39.7 Å². The number of ether oxygens (including phenoxy) is 1. The van der Waals surface area contributed by atoms with Gasteiger partial charge in [-0.05, 0) is 69.1 Å². The Kier molecular flexibility index (Phi) is 7.04. The molecule has 0 bridgehead atoms. The van der Waals surface area contributed by atoms with E-state index in [0.717, 1.165) is 42.0 Å². The molecule has 1 atom stereocenters. The van der Waals surface area contributed by atoms with Gasteiger partial charge >= 0.3 is 0 Å². The number of nitrogens with zero attached hydrogens (tertiary/aromatic N) is 1. The number of ketones is 1. The number of thiocarbonyl (C=S) groups is 1. The predicted octanol–water partition coefficient (Wildman–Crippen LogP) is 4.81. The van der Waals surface area contributed by atoms with E-state index < -0.39 is 0 Å². The van der Waals surface area contributed by atoms with E-state index in [1.807, 2.05) is 49.1 Å². The van der Waals surface area contributed by atoms with Crippen molar-refractivity contribution < 1.29 is 9.53 Å². The fourth-order valence-corrected chi connectivity index (χ4v) is 4.12. The van der Waals surface area contributed by atoms with Crippen molar-refractivity contribution in [2.24, 2.45) is 0 Å². The van der Waals surface area contributed by atoms with Crippen LogP contribution in [0.25, 0.3) is 0 Å². The molecular formula is C24H28N2O2S. The number of aryl methyl sites for hydroxylation is 1. The van der Waals surface area contributed by atoms with E-state index in [1.165, 1.54) is 5.56 Å². The van der Waals surface area contributed by atoms with Crippen molar-refractivity contribution in [2.75, 3.05) is 13.2 Å². The molecule has 2 aromatic rings. The number of nitrogens with one attached hydrogen (secondary N) is 1. The number of benzene rings is 2. The lowest BCUT2D eigenvalue weighted by Gasteiger charge is -2.37. The molecule has 1 aliphatic rings. The summed E-state index contributed by atoms with van der Waals surface area (Å²) < 4.78 is 5.89. The number of carbonyl (C=O) groups is 1. The highest BCUT2D eigenvalue weighted by atomic mass is 32.1. The molecule has 0 saturated heterocycles. The maximum absolute atomic E-state index is 12.3. The third-order valence-corrected chi connectivity index (χ3v) is 5.56. The zero-order valence-electron chi connectivity index (χ0n) is 17.3. The van der Waals surface area contributed by atoms with Gasteiger partial charge in [-0.1, -0.05) is 42.5 Å². The standard InChI is InChI=1S/C24H28N2O2S/c1-4-26-17(2)22(18(3)27)23(25-24(26)29)20-12-14-21(15-13-20)28-16-8-11-19-9-6-5-7-10-19/h5-7,9-10,12-15,23H,4,8,11,16H2,1-3H3,(H,25,29). The van der Waals surface area contributed by atoms with Crippen LogP contribution in [0.5, 0.6) is 5.75 Å². The number of allylic oxidation sites excluding steroid dienone is 1. The lowest BCUT2D eigenvalue weighted by molar-refractivity contribution is -0.114. The van der Waals surface area contributed by atoms with E-state index in [2.05, 4.69) is 29.6 Å².